The predicted molar refractivity (Wildman–Crippen MR) is 75.4 cm³/mol. The van der Waals surface area contributed by atoms with Gasteiger partial charge >= 0.3 is 0 Å². The van der Waals surface area contributed by atoms with E-state index in [-0.39, 0.29) is 12.1 Å². The molecule has 0 radical (unpaired) electrons. The lowest BCUT2D eigenvalue weighted by atomic mass is 9.90. The Balaban J connectivity index is 1.90. The lowest BCUT2D eigenvalue weighted by Crippen LogP contribution is -2.29. The van der Waals surface area contributed by atoms with Crippen molar-refractivity contribution < 1.29 is 4.74 Å². The molecule has 0 spiro atoms. The summed E-state index contributed by atoms with van der Waals surface area (Å²) in [6.45, 7) is 2.89. The van der Waals surface area contributed by atoms with Crippen LogP contribution in [-0.2, 0) is 4.74 Å². The van der Waals surface area contributed by atoms with Crippen LogP contribution in [0.15, 0.2) is 30.3 Å². The zero-order valence-corrected chi connectivity index (χ0v) is 11.3. The molecular formula is C16H25NO. The van der Waals surface area contributed by atoms with E-state index in [1.165, 1.54) is 37.7 Å². The highest BCUT2D eigenvalue weighted by Crippen LogP contribution is 2.27. The van der Waals surface area contributed by atoms with Gasteiger partial charge in [0.2, 0.25) is 0 Å². The molecule has 2 atom stereocenters. The van der Waals surface area contributed by atoms with E-state index in [1.807, 2.05) is 13.0 Å². The van der Waals surface area contributed by atoms with Crippen molar-refractivity contribution in [3.05, 3.63) is 35.9 Å². The van der Waals surface area contributed by atoms with E-state index in [2.05, 4.69) is 24.3 Å². The van der Waals surface area contributed by atoms with Crippen molar-refractivity contribution in [1.82, 2.24) is 0 Å². The Hall–Kier alpha value is -0.860. The largest absolute Gasteiger partial charge is 0.372 e. The SMILES string of the molecule is CC(N)C(OCC1CCCCC1)c1ccccc1. The van der Waals surface area contributed by atoms with Crippen molar-refractivity contribution >= 4 is 0 Å². The fourth-order valence-electron chi connectivity index (χ4n) is 2.79. The van der Waals surface area contributed by atoms with Crippen LogP contribution in [0.3, 0.4) is 0 Å². The molecule has 1 fully saturated rings. The maximum atomic E-state index is 6.10. The minimum atomic E-state index is 0.0353. The first kappa shape index (κ1) is 13.6. The Morgan fingerprint density at radius 2 is 1.83 bits per heavy atom. The third kappa shape index (κ3) is 3.82. The molecule has 0 heterocycles. The van der Waals surface area contributed by atoms with Gasteiger partial charge in [-0.3, -0.25) is 0 Å². The Kier molecular flexibility index (Phi) is 5.21. The Morgan fingerprint density at radius 1 is 1.17 bits per heavy atom. The molecule has 1 aromatic carbocycles. The fraction of sp³-hybridized carbons (Fsp3) is 0.625. The number of ether oxygens (including phenoxy) is 1. The molecule has 0 bridgehead atoms. The van der Waals surface area contributed by atoms with Gasteiger partial charge in [0.1, 0.15) is 0 Å². The van der Waals surface area contributed by atoms with Gasteiger partial charge in [-0.2, -0.15) is 0 Å². The average Bonchev–Trinajstić information content (AvgIpc) is 2.41. The van der Waals surface area contributed by atoms with E-state index in [4.69, 9.17) is 10.5 Å². The van der Waals surface area contributed by atoms with Gasteiger partial charge in [0, 0.05) is 6.04 Å². The van der Waals surface area contributed by atoms with Crippen molar-refractivity contribution in [3.63, 3.8) is 0 Å². The summed E-state index contributed by atoms with van der Waals surface area (Å²) in [7, 11) is 0. The molecule has 1 aliphatic carbocycles. The highest BCUT2D eigenvalue weighted by Gasteiger charge is 2.20. The van der Waals surface area contributed by atoms with Gasteiger partial charge < -0.3 is 10.5 Å². The zero-order valence-electron chi connectivity index (χ0n) is 11.3. The molecule has 1 aromatic rings. The second-order valence-electron chi connectivity index (χ2n) is 5.53. The number of nitrogens with two attached hydrogens (primary N) is 1. The third-order valence-corrected chi connectivity index (χ3v) is 3.84. The van der Waals surface area contributed by atoms with Crippen molar-refractivity contribution in [2.75, 3.05) is 6.61 Å². The molecule has 2 N–H and O–H groups in total. The summed E-state index contributed by atoms with van der Waals surface area (Å²) in [5, 5.41) is 0. The Morgan fingerprint density at radius 3 is 2.44 bits per heavy atom. The van der Waals surface area contributed by atoms with E-state index in [0.29, 0.717) is 0 Å². The van der Waals surface area contributed by atoms with Gasteiger partial charge in [0.15, 0.2) is 0 Å². The highest BCUT2D eigenvalue weighted by molar-refractivity contribution is 5.18. The molecule has 0 amide bonds. The number of hydrogen-bond acceptors (Lipinski definition) is 2. The normalized spacial score (nSPS) is 20.6. The van der Waals surface area contributed by atoms with Crippen LogP contribution >= 0.6 is 0 Å². The van der Waals surface area contributed by atoms with Crippen LogP contribution in [0.1, 0.15) is 50.7 Å². The lowest BCUT2D eigenvalue weighted by Gasteiger charge is -2.27. The number of hydrogen-bond donors (Lipinski definition) is 1. The predicted octanol–water partition coefficient (Wildman–Crippen LogP) is 3.67. The van der Waals surface area contributed by atoms with Crippen LogP contribution in [-0.4, -0.2) is 12.6 Å². The van der Waals surface area contributed by atoms with Gasteiger partial charge in [-0.15, -0.1) is 0 Å². The van der Waals surface area contributed by atoms with E-state index >= 15 is 0 Å². The molecule has 2 heteroatoms. The van der Waals surface area contributed by atoms with Crippen molar-refractivity contribution in [2.24, 2.45) is 11.7 Å². The van der Waals surface area contributed by atoms with Crippen LogP contribution in [0.4, 0.5) is 0 Å². The first-order chi connectivity index (χ1) is 8.77. The van der Waals surface area contributed by atoms with Gasteiger partial charge in [0.05, 0.1) is 12.7 Å². The average molecular weight is 247 g/mol. The third-order valence-electron chi connectivity index (χ3n) is 3.84. The van der Waals surface area contributed by atoms with Gasteiger partial charge in [0.25, 0.3) is 0 Å². The van der Waals surface area contributed by atoms with Crippen molar-refractivity contribution in [2.45, 2.75) is 51.2 Å². The quantitative estimate of drug-likeness (QED) is 0.861. The van der Waals surface area contributed by atoms with E-state index in [0.717, 1.165) is 12.5 Å². The monoisotopic (exact) mass is 247 g/mol. The molecule has 2 nitrogen and oxygen atoms in total. The molecule has 2 unspecified atom stereocenters. The molecule has 1 saturated carbocycles. The first-order valence-corrected chi connectivity index (χ1v) is 7.19. The Labute approximate surface area is 111 Å². The van der Waals surface area contributed by atoms with Crippen LogP contribution < -0.4 is 5.73 Å². The summed E-state index contributed by atoms with van der Waals surface area (Å²) in [6, 6.07) is 10.4. The summed E-state index contributed by atoms with van der Waals surface area (Å²) in [5.41, 5.74) is 7.26. The summed E-state index contributed by atoms with van der Waals surface area (Å²) in [6.07, 6.45) is 6.80. The topological polar surface area (TPSA) is 35.2 Å². The number of rotatable bonds is 5. The minimum Gasteiger partial charge on any atom is -0.372 e. The van der Waals surface area contributed by atoms with Crippen LogP contribution in [0, 0.1) is 5.92 Å². The van der Waals surface area contributed by atoms with E-state index in [1.54, 1.807) is 0 Å². The lowest BCUT2D eigenvalue weighted by molar-refractivity contribution is 0.00823. The molecule has 0 aromatic heterocycles. The fourth-order valence-corrected chi connectivity index (χ4v) is 2.79. The highest BCUT2D eigenvalue weighted by atomic mass is 16.5. The number of benzene rings is 1. The summed E-state index contributed by atoms with van der Waals surface area (Å²) in [4.78, 5) is 0. The summed E-state index contributed by atoms with van der Waals surface area (Å²) in [5.74, 6) is 0.740. The second kappa shape index (κ2) is 6.91. The first-order valence-electron chi connectivity index (χ1n) is 7.19. The van der Waals surface area contributed by atoms with E-state index < -0.39 is 0 Å². The van der Waals surface area contributed by atoms with Crippen LogP contribution in [0.2, 0.25) is 0 Å². The van der Waals surface area contributed by atoms with Crippen LogP contribution in [0.25, 0.3) is 0 Å². The molecule has 0 aliphatic heterocycles. The van der Waals surface area contributed by atoms with Gasteiger partial charge in [-0.05, 0) is 31.2 Å². The van der Waals surface area contributed by atoms with E-state index in [9.17, 15) is 0 Å². The molecule has 2 rings (SSSR count). The van der Waals surface area contributed by atoms with Crippen molar-refractivity contribution in [1.29, 1.82) is 0 Å². The van der Waals surface area contributed by atoms with Gasteiger partial charge in [-0.1, -0.05) is 49.6 Å². The standard InChI is InChI=1S/C16H25NO/c1-13(17)16(15-10-6-3-7-11-15)18-12-14-8-4-2-5-9-14/h3,6-7,10-11,13-14,16H,2,4-5,8-9,12,17H2,1H3. The second-order valence-corrected chi connectivity index (χ2v) is 5.53. The van der Waals surface area contributed by atoms with Gasteiger partial charge in [-0.25, -0.2) is 0 Å². The summed E-state index contributed by atoms with van der Waals surface area (Å²) >= 11 is 0. The molecule has 100 valence electrons. The van der Waals surface area contributed by atoms with Crippen LogP contribution in [0.5, 0.6) is 0 Å². The molecule has 1 aliphatic rings. The van der Waals surface area contributed by atoms with Crippen molar-refractivity contribution in [3.8, 4) is 0 Å². The Bertz CT molecular complexity index is 330. The molecular weight excluding hydrogens is 222 g/mol. The smallest absolute Gasteiger partial charge is 0.0973 e. The maximum absolute atomic E-state index is 6.10. The molecule has 18 heavy (non-hydrogen) atoms. The zero-order chi connectivity index (χ0) is 12.8. The molecule has 0 saturated heterocycles. The maximum Gasteiger partial charge on any atom is 0.0973 e. The summed E-state index contributed by atoms with van der Waals surface area (Å²) < 4.78 is 6.10. The minimum absolute atomic E-state index is 0.0353.